The first-order valence-corrected chi connectivity index (χ1v) is 12.5. The lowest BCUT2D eigenvalue weighted by Crippen LogP contribution is -1.87. The predicted octanol–water partition coefficient (Wildman–Crippen LogP) is 6.95. The number of nitrogens with zero attached hydrogens (tertiary/aromatic N) is 4. The second-order valence-electron chi connectivity index (χ2n) is 6.82. The van der Waals surface area contributed by atoms with Gasteiger partial charge in [0.25, 0.3) is 0 Å². The number of thioether (sulfide) groups is 2. The lowest BCUT2D eigenvalue weighted by atomic mass is 10.0. The van der Waals surface area contributed by atoms with Crippen LogP contribution in [0.4, 0.5) is 0 Å². The Morgan fingerprint density at radius 2 is 1.53 bits per heavy atom. The van der Waals surface area contributed by atoms with Gasteiger partial charge in [0.15, 0.2) is 8.68 Å². The zero-order valence-electron chi connectivity index (χ0n) is 16.4. The molecule has 0 fully saturated rings. The van der Waals surface area contributed by atoms with E-state index in [1.807, 2.05) is 12.1 Å². The van der Waals surface area contributed by atoms with Gasteiger partial charge in [-0.2, -0.15) is 0 Å². The molecule has 0 aliphatic heterocycles. The molecule has 0 aliphatic carbocycles. The zero-order chi connectivity index (χ0) is 20.9. The van der Waals surface area contributed by atoms with Crippen LogP contribution in [0, 0.1) is 0 Å². The quantitative estimate of drug-likeness (QED) is 0.256. The third kappa shape index (κ3) is 5.63. The standard InChI is InChI=1S/C21H19ClN4OS3/c1-13(2)15-5-3-14(4-6-15)11-28-20-25-26-21(30-20)29-12-18-23-24-19(27-18)16-7-9-17(22)10-8-16/h3-10,13H,11-12H2,1-2H3. The molecule has 0 unspecified atom stereocenters. The average molecular weight is 475 g/mol. The summed E-state index contributed by atoms with van der Waals surface area (Å²) < 4.78 is 7.58. The van der Waals surface area contributed by atoms with E-state index in [-0.39, 0.29) is 0 Å². The monoisotopic (exact) mass is 474 g/mol. The Morgan fingerprint density at radius 3 is 2.20 bits per heavy atom. The summed E-state index contributed by atoms with van der Waals surface area (Å²) in [6, 6.07) is 16.1. The van der Waals surface area contributed by atoms with Gasteiger partial charge in [-0.25, -0.2) is 0 Å². The minimum atomic E-state index is 0.485. The molecule has 4 aromatic rings. The molecule has 9 heteroatoms. The van der Waals surface area contributed by atoms with Gasteiger partial charge in [0.05, 0.1) is 5.75 Å². The Balaban J connectivity index is 1.29. The normalized spacial score (nSPS) is 11.3. The van der Waals surface area contributed by atoms with E-state index < -0.39 is 0 Å². The summed E-state index contributed by atoms with van der Waals surface area (Å²) in [6.45, 7) is 4.41. The number of rotatable bonds is 8. The molecule has 0 saturated carbocycles. The molecule has 5 nitrogen and oxygen atoms in total. The van der Waals surface area contributed by atoms with Gasteiger partial charge in [-0.05, 0) is 41.3 Å². The van der Waals surface area contributed by atoms with Crippen molar-refractivity contribution in [3.8, 4) is 11.5 Å². The lowest BCUT2D eigenvalue weighted by molar-refractivity contribution is 0.528. The van der Waals surface area contributed by atoms with Gasteiger partial charge in [0, 0.05) is 16.3 Å². The van der Waals surface area contributed by atoms with Gasteiger partial charge in [-0.3, -0.25) is 0 Å². The number of hydrogen-bond donors (Lipinski definition) is 0. The molecule has 0 bridgehead atoms. The molecule has 154 valence electrons. The van der Waals surface area contributed by atoms with Crippen LogP contribution in [0.2, 0.25) is 5.02 Å². The maximum absolute atomic E-state index is 5.92. The Morgan fingerprint density at radius 1 is 0.867 bits per heavy atom. The number of halogens is 1. The average Bonchev–Trinajstić information content (AvgIpc) is 3.41. The van der Waals surface area contributed by atoms with Crippen LogP contribution in [0.25, 0.3) is 11.5 Å². The second-order valence-corrected chi connectivity index (χ2v) is 10.7. The molecule has 0 aliphatic rings. The zero-order valence-corrected chi connectivity index (χ0v) is 19.6. The SMILES string of the molecule is CC(C)c1ccc(CSc2nnc(SCc3nnc(-c4ccc(Cl)cc4)o3)s2)cc1. The summed E-state index contributed by atoms with van der Waals surface area (Å²) >= 11 is 10.7. The van der Waals surface area contributed by atoms with Crippen molar-refractivity contribution in [3.05, 3.63) is 70.6 Å². The Hall–Kier alpha value is -1.87. The van der Waals surface area contributed by atoms with Crippen LogP contribution < -0.4 is 0 Å². The molecular weight excluding hydrogens is 456 g/mol. The highest BCUT2D eigenvalue weighted by Gasteiger charge is 2.12. The topological polar surface area (TPSA) is 64.7 Å². The van der Waals surface area contributed by atoms with Crippen molar-refractivity contribution in [3.63, 3.8) is 0 Å². The fourth-order valence-electron chi connectivity index (χ4n) is 2.60. The third-order valence-electron chi connectivity index (χ3n) is 4.27. The molecule has 2 aromatic carbocycles. The van der Waals surface area contributed by atoms with E-state index in [0.717, 1.165) is 20.0 Å². The number of hydrogen-bond acceptors (Lipinski definition) is 8. The summed E-state index contributed by atoms with van der Waals surface area (Å²) in [4.78, 5) is 0. The van der Waals surface area contributed by atoms with Crippen LogP contribution in [-0.4, -0.2) is 20.4 Å². The van der Waals surface area contributed by atoms with E-state index in [9.17, 15) is 0 Å². The molecule has 2 heterocycles. The van der Waals surface area contributed by atoms with Gasteiger partial charge in [0.1, 0.15) is 0 Å². The minimum Gasteiger partial charge on any atom is -0.420 e. The molecule has 0 amide bonds. The van der Waals surface area contributed by atoms with Gasteiger partial charge in [-0.1, -0.05) is 84.6 Å². The molecule has 0 atom stereocenters. The van der Waals surface area contributed by atoms with E-state index in [4.69, 9.17) is 16.0 Å². The molecule has 30 heavy (non-hydrogen) atoms. The van der Waals surface area contributed by atoms with Gasteiger partial charge < -0.3 is 4.42 Å². The molecule has 0 N–H and O–H groups in total. The summed E-state index contributed by atoms with van der Waals surface area (Å²) in [5.41, 5.74) is 3.49. The van der Waals surface area contributed by atoms with Crippen LogP contribution in [0.15, 0.2) is 61.6 Å². The summed E-state index contributed by atoms with van der Waals surface area (Å²) in [6.07, 6.45) is 0. The Kier molecular flexibility index (Phi) is 7.09. The summed E-state index contributed by atoms with van der Waals surface area (Å²) in [7, 11) is 0. The molecular formula is C21H19ClN4OS3. The van der Waals surface area contributed by atoms with Gasteiger partial charge >= 0.3 is 0 Å². The van der Waals surface area contributed by atoms with Crippen molar-refractivity contribution >= 4 is 46.5 Å². The summed E-state index contributed by atoms with van der Waals surface area (Å²) in [5.74, 6) is 3.02. The van der Waals surface area contributed by atoms with Crippen molar-refractivity contribution in [1.29, 1.82) is 0 Å². The second kappa shape index (κ2) is 9.96. The highest BCUT2D eigenvalue weighted by Crippen LogP contribution is 2.32. The van der Waals surface area contributed by atoms with Crippen molar-refractivity contribution in [2.45, 2.75) is 40.0 Å². The number of benzene rings is 2. The van der Waals surface area contributed by atoms with Crippen LogP contribution >= 0.6 is 46.5 Å². The van der Waals surface area contributed by atoms with Crippen LogP contribution in [0.3, 0.4) is 0 Å². The van der Waals surface area contributed by atoms with E-state index in [1.54, 1.807) is 47.0 Å². The van der Waals surface area contributed by atoms with Crippen molar-refractivity contribution in [2.75, 3.05) is 0 Å². The molecule has 2 aromatic heterocycles. The highest BCUT2D eigenvalue weighted by molar-refractivity contribution is 8.02. The number of aromatic nitrogens is 4. The van der Waals surface area contributed by atoms with Gasteiger partial charge in [0.2, 0.25) is 11.8 Å². The Labute approximate surface area is 192 Å². The molecule has 0 saturated heterocycles. The van der Waals surface area contributed by atoms with Crippen molar-refractivity contribution in [1.82, 2.24) is 20.4 Å². The third-order valence-corrected chi connectivity index (χ3v) is 7.77. The summed E-state index contributed by atoms with van der Waals surface area (Å²) in [5, 5.41) is 17.4. The molecule has 0 spiro atoms. The predicted molar refractivity (Wildman–Crippen MR) is 124 cm³/mol. The van der Waals surface area contributed by atoms with Crippen LogP contribution in [-0.2, 0) is 11.5 Å². The first-order chi connectivity index (χ1) is 14.6. The van der Waals surface area contributed by atoms with Crippen LogP contribution in [0.1, 0.15) is 36.8 Å². The van der Waals surface area contributed by atoms with E-state index >= 15 is 0 Å². The van der Waals surface area contributed by atoms with E-state index in [1.165, 1.54) is 11.1 Å². The fourth-order valence-corrected chi connectivity index (χ4v) is 5.54. The van der Waals surface area contributed by atoms with Crippen LogP contribution in [0.5, 0.6) is 0 Å². The van der Waals surface area contributed by atoms with Crippen molar-refractivity contribution in [2.24, 2.45) is 0 Å². The molecule has 4 rings (SSSR count). The Bertz CT molecular complexity index is 1090. The maximum atomic E-state index is 5.92. The first-order valence-electron chi connectivity index (χ1n) is 9.33. The maximum Gasteiger partial charge on any atom is 0.247 e. The fraction of sp³-hybridized carbons (Fsp3) is 0.238. The minimum absolute atomic E-state index is 0.485. The van der Waals surface area contributed by atoms with E-state index in [0.29, 0.717) is 28.5 Å². The lowest BCUT2D eigenvalue weighted by Gasteiger charge is -2.05. The van der Waals surface area contributed by atoms with Gasteiger partial charge in [-0.15, -0.1) is 20.4 Å². The first kappa shape index (κ1) is 21.4. The largest absolute Gasteiger partial charge is 0.420 e. The van der Waals surface area contributed by atoms with E-state index in [2.05, 4.69) is 58.5 Å². The highest BCUT2D eigenvalue weighted by atomic mass is 35.5. The smallest absolute Gasteiger partial charge is 0.247 e. The molecule has 0 radical (unpaired) electrons. The van der Waals surface area contributed by atoms with Crippen molar-refractivity contribution < 1.29 is 4.42 Å².